The van der Waals surface area contributed by atoms with Crippen LogP contribution in [0.4, 0.5) is 11.4 Å². The molecular formula is C16H20N2O2S. The van der Waals surface area contributed by atoms with Crippen LogP contribution in [-0.4, -0.2) is 14.7 Å². The van der Waals surface area contributed by atoms with Gasteiger partial charge in [-0.3, -0.25) is 4.72 Å². The minimum absolute atomic E-state index is 0.567. The van der Waals surface area contributed by atoms with E-state index in [-0.39, 0.29) is 0 Å². The quantitative estimate of drug-likeness (QED) is 0.861. The first-order chi connectivity index (χ1) is 9.98. The van der Waals surface area contributed by atoms with Crippen molar-refractivity contribution in [3.8, 4) is 0 Å². The van der Waals surface area contributed by atoms with Gasteiger partial charge in [-0.05, 0) is 41.8 Å². The summed E-state index contributed by atoms with van der Waals surface area (Å²) in [5.41, 5.74) is 4.13. The van der Waals surface area contributed by atoms with Gasteiger partial charge >= 0.3 is 0 Å². The number of aryl methyl sites for hydroxylation is 1. The van der Waals surface area contributed by atoms with Crippen LogP contribution >= 0.6 is 0 Å². The average molecular weight is 304 g/mol. The van der Waals surface area contributed by atoms with Crippen molar-refractivity contribution in [1.82, 2.24) is 0 Å². The molecule has 0 bridgehead atoms. The van der Waals surface area contributed by atoms with Crippen LogP contribution in [0.25, 0.3) is 0 Å². The predicted octanol–water partition coefficient (Wildman–Crippen LogP) is 3.23. The zero-order chi connectivity index (χ0) is 15.3. The van der Waals surface area contributed by atoms with E-state index in [4.69, 9.17) is 0 Å². The summed E-state index contributed by atoms with van der Waals surface area (Å²) in [6.07, 6.45) is 2.15. The molecule has 2 N–H and O–H groups in total. The molecule has 0 radical (unpaired) electrons. The fourth-order valence-electron chi connectivity index (χ4n) is 2.14. The molecule has 0 amide bonds. The molecule has 2 rings (SSSR count). The molecule has 0 aliphatic heterocycles. The van der Waals surface area contributed by atoms with Crippen LogP contribution in [-0.2, 0) is 23.0 Å². The minimum Gasteiger partial charge on any atom is -0.381 e. The van der Waals surface area contributed by atoms with Crippen molar-refractivity contribution in [3.05, 3.63) is 59.7 Å². The second-order valence-corrected chi connectivity index (χ2v) is 6.68. The lowest BCUT2D eigenvalue weighted by Crippen LogP contribution is -2.09. The minimum atomic E-state index is -3.22. The van der Waals surface area contributed by atoms with Crippen LogP contribution in [0.5, 0.6) is 0 Å². The lowest BCUT2D eigenvalue weighted by Gasteiger charge is -2.11. The van der Waals surface area contributed by atoms with Crippen molar-refractivity contribution in [2.24, 2.45) is 0 Å². The van der Waals surface area contributed by atoms with Crippen molar-refractivity contribution < 1.29 is 8.42 Å². The predicted molar refractivity (Wildman–Crippen MR) is 88.1 cm³/mol. The van der Waals surface area contributed by atoms with Crippen molar-refractivity contribution >= 4 is 21.4 Å². The highest BCUT2D eigenvalue weighted by atomic mass is 32.2. The topological polar surface area (TPSA) is 58.2 Å². The van der Waals surface area contributed by atoms with Crippen molar-refractivity contribution in [1.29, 1.82) is 0 Å². The Bertz CT molecular complexity index is 694. The van der Waals surface area contributed by atoms with Gasteiger partial charge in [0.2, 0.25) is 10.0 Å². The summed E-state index contributed by atoms with van der Waals surface area (Å²) in [5.74, 6) is 0. The molecular weight excluding hydrogens is 284 g/mol. The molecule has 21 heavy (non-hydrogen) atoms. The Morgan fingerprint density at radius 3 is 2.05 bits per heavy atom. The lowest BCUT2D eigenvalue weighted by molar-refractivity contribution is 0.607. The molecule has 0 aliphatic carbocycles. The highest BCUT2D eigenvalue weighted by molar-refractivity contribution is 7.92. The zero-order valence-corrected chi connectivity index (χ0v) is 13.1. The fourth-order valence-corrected chi connectivity index (χ4v) is 2.71. The first kappa shape index (κ1) is 15.4. The molecule has 0 aliphatic rings. The van der Waals surface area contributed by atoms with E-state index in [1.807, 2.05) is 24.3 Å². The summed E-state index contributed by atoms with van der Waals surface area (Å²) in [5, 5.41) is 3.35. The molecule has 0 fully saturated rings. The molecule has 0 aromatic heterocycles. The Hall–Kier alpha value is -2.01. The van der Waals surface area contributed by atoms with Gasteiger partial charge < -0.3 is 5.32 Å². The highest BCUT2D eigenvalue weighted by Gasteiger charge is 2.02. The van der Waals surface area contributed by atoms with Crippen molar-refractivity contribution in [3.63, 3.8) is 0 Å². The zero-order valence-electron chi connectivity index (χ0n) is 12.3. The number of nitrogens with one attached hydrogen (secondary N) is 2. The van der Waals surface area contributed by atoms with Gasteiger partial charge in [-0.25, -0.2) is 8.42 Å². The molecule has 0 heterocycles. The van der Waals surface area contributed by atoms with Crippen LogP contribution in [0.2, 0.25) is 0 Å². The van der Waals surface area contributed by atoms with E-state index in [1.54, 1.807) is 12.1 Å². The van der Waals surface area contributed by atoms with E-state index in [1.165, 1.54) is 11.1 Å². The Kier molecular flexibility index (Phi) is 4.85. The Balaban J connectivity index is 2.01. The number of rotatable bonds is 6. The summed E-state index contributed by atoms with van der Waals surface area (Å²) in [7, 11) is -3.22. The monoisotopic (exact) mass is 304 g/mol. The number of benzene rings is 2. The van der Waals surface area contributed by atoms with Gasteiger partial charge in [0.1, 0.15) is 0 Å². The van der Waals surface area contributed by atoms with Gasteiger partial charge in [0.05, 0.1) is 6.26 Å². The maximum absolute atomic E-state index is 11.1. The maximum atomic E-state index is 11.1. The van der Waals surface area contributed by atoms with Gasteiger partial charge in [-0.2, -0.15) is 0 Å². The molecule has 4 nitrogen and oxygen atoms in total. The van der Waals surface area contributed by atoms with E-state index in [0.29, 0.717) is 5.69 Å². The van der Waals surface area contributed by atoms with E-state index < -0.39 is 10.0 Å². The second-order valence-electron chi connectivity index (χ2n) is 4.93. The first-order valence-corrected chi connectivity index (χ1v) is 8.75. The first-order valence-electron chi connectivity index (χ1n) is 6.86. The fraction of sp³-hybridized carbons (Fsp3) is 0.250. The Morgan fingerprint density at radius 2 is 1.48 bits per heavy atom. The second kappa shape index (κ2) is 6.63. The lowest BCUT2D eigenvalue weighted by atomic mass is 10.1. The Labute approximate surface area is 126 Å². The third-order valence-electron chi connectivity index (χ3n) is 3.17. The van der Waals surface area contributed by atoms with Crippen molar-refractivity contribution in [2.45, 2.75) is 19.9 Å². The largest absolute Gasteiger partial charge is 0.381 e. The van der Waals surface area contributed by atoms with Gasteiger partial charge in [0.15, 0.2) is 0 Å². The summed E-state index contributed by atoms with van der Waals surface area (Å²) < 4.78 is 24.7. The third-order valence-corrected chi connectivity index (χ3v) is 3.78. The smallest absolute Gasteiger partial charge is 0.229 e. The summed E-state index contributed by atoms with van der Waals surface area (Å²) in [4.78, 5) is 0. The molecule has 0 saturated heterocycles. The number of anilines is 2. The summed E-state index contributed by atoms with van der Waals surface area (Å²) in [6.45, 7) is 2.90. The molecule has 0 atom stereocenters. The van der Waals surface area contributed by atoms with Crippen molar-refractivity contribution in [2.75, 3.05) is 16.3 Å². The average Bonchev–Trinajstić information content (AvgIpc) is 2.45. The van der Waals surface area contributed by atoms with E-state index in [0.717, 1.165) is 24.9 Å². The molecule has 0 unspecified atom stereocenters. The third kappa shape index (κ3) is 4.79. The van der Waals surface area contributed by atoms with Crippen LogP contribution in [0.3, 0.4) is 0 Å². The molecule has 0 spiro atoms. The van der Waals surface area contributed by atoms with Crippen LogP contribution in [0, 0.1) is 0 Å². The normalized spacial score (nSPS) is 11.1. The van der Waals surface area contributed by atoms with Crippen LogP contribution in [0.15, 0.2) is 48.5 Å². The maximum Gasteiger partial charge on any atom is 0.229 e. The van der Waals surface area contributed by atoms with E-state index in [2.05, 4.69) is 29.1 Å². The standard InChI is InChI=1S/C16H20N2O2S/c1-3-13-6-4-5-7-14(13)12-17-15-8-10-16(11-9-15)18-21(2,19)20/h4-11,17-18H,3,12H2,1-2H3. The highest BCUT2D eigenvalue weighted by Crippen LogP contribution is 2.16. The van der Waals surface area contributed by atoms with E-state index in [9.17, 15) is 8.42 Å². The van der Waals surface area contributed by atoms with Crippen LogP contribution < -0.4 is 10.0 Å². The van der Waals surface area contributed by atoms with Gasteiger partial charge in [-0.15, -0.1) is 0 Å². The molecule has 112 valence electrons. The van der Waals surface area contributed by atoms with Gasteiger partial charge in [-0.1, -0.05) is 31.2 Å². The molecule has 0 saturated carbocycles. The van der Waals surface area contributed by atoms with E-state index >= 15 is 0 Å². The van der Waals surface area contributed by atoms with Gasteiger partial charge in [0, 0.05) is 17.9 Å². The number of hydrogen-bond acceptors (Lipinski definition) is 3. The number of sulfonamides is 1. The molecule has 5 heteroatoms. The Morgan fingerprint density at radius 1 is 0.905 bits per heavy atom. The summed E-state index contributed by atoms with van der Waals surface area (Å²) >= 11 is 0. The van der Waals surface area contributed by atoms with Gasteiger partial charge in [0.25, 0.3) is 0 Å². The number of hydrogen-bond donors (Lipinski definition) is 2. The molecule has 2 aromatic rings. The summed E-state index contributed by atoms with van der Waals surface area (Å²) in [6, 6.07) is 15.6. The SMILES string of the molecule is CCc1ccccc1CNc1ccc(NS(C)(=O)=O)cc1. The molecule has 2 aromatic carbocycles. The van der Waals surface area contributed by atoms with Crippen LogP contribution in [0.1, 0.15) is 18.1 Å².